The number of nitrogens with zero attached hydrogens (tertiary/aromatic N) is 8. The quantitative estimate of drug-likeness (QED) is 0.507. The van der Waals surface area contributed by atoms with Gasteiger partial charge < -0.3 is 0 Å². The first kappa shape index (κ1) is 14.9. The lowest BCUT2D eigenvalue weighted by atomic mass is 10.3. The van der Waals surface area contributed by atoms with Crippen molar-refractivity contribution in [3.63, 3.8) is 0 Å². The summed E-state index contributed by atoms with van der Waals surface area (Å²) < 4.78 is 3.31. The molecule has 0 N–H and O–H groups in total. The van der Waals surface area contributed by atoms with E-state index in [4.69, 9.17) is 0 Å². The fraction of sp³-hybridized carbons (Fsp3) is 0.538. The first-order chi connectivity index (χ1) is 10.7. The molecule has 0 aliphatic rings. The van der Waals surface area contributed by atoms with Crippen molar-refractivity contribution in [1.29, 1.82) is 0 Å². The van der Waals surface area contributed by atoms with Gasteiger partial charge in [0, 0.05) is 11.4 Å². The molecule has 0 amide bonds. The van der Waals surface area contributed by atoms with Gasteiger partial charge in [-0.15, -0.1) is 25.5 Å². The van der Waals surface area contributed by atoms with Crippen LogP contribution in [-0.4, -0.2) is 45.5 Å². The van der Waals surface area contributed by atoms with Crippen molar-refractivity contribution >= 4 is 17.5 Å². The summed E-state index contributed by atoms with van der Waals surface area (Å²) in [6.07, 6.45) is 3.57. The molecule has 0 aliphatic carbocycles. The van der Waals surface area contributed by atoms with Gasteiger partial charge in [-0.25, -0.2) is 4.68 Å². The van der Waals surface area contributed by atoms with Gasteiger partial charge in [0.1, 0.15) is 0 Å². The van der Waals surface area contributed by atoms with Gasteiger partial charge in [0.2, 0.25) is 5.16 Å². The molecule has 0 atom stereocenters. The van der Waals surface area contributed by atoms with Gasteiger partial charge in [-0.1, -0.05) is 31.5 Å². The van der Waals surface area contributed by atoms with E-state index in [1.54, 1.807) is 21.0 Å². The average molecular weight is 318 g/mol. The lowest BCUT2D eigenvalue weighted by molar-refractivity contribution is 0.676. The minimum atomic E-state index is 0.406. The van der Waals surface area contributed by atoms with Gasteiger partial charge in [-0.3, -0.25) is 0 Å². The van der Waals surface area contributed by atoms with Crippen LogP contribution in [0.2, 0.25) is 0 Å². The van der Waals surface area contributed by atoms with E-state index in [2.05, 4.69) is 37.5 Å². The van der Waals surface area contributed by atoms with Crippen LogP contribution in [0.3, 0.4) is 0 Å². The highest BCUT2D eigenvalue weighted by Gasteiger charge is 2.13. The second kappa shape index (κ2) is 6.39. The Labute approximate surface area is 132 Å². The largest absolute Gasteiger partial charge is 0.291 e. The van der Waals surface area contributed by atoms with E-state index in [-0.39, 0.29) is 0 Å². The van der Waals surface area contributed by atoms with Crippen molar-refractivity contribution in [3.05, 3.63) is 17.5 Å². The SMILES string of the molecule is CCCCCSc1nnc2nnc(-n3nc(C)cc3C)nn12. The number of hydrogen-bond donors (Lipinski definition) is 0. The smallest absolute Gasteiger partial charge is 0.200 e. The normalized spacial score (nSPS) is 11.4. The summed E-state index contributed by atoms with van der Waals surface area (Å²) >= 11 is 1.64. The zero-order valence-corrected chi connectivity index (χ0v) is 13.7. The highest BCUT2D eigenvalue weighted by Crippen LogP contribution is 2.17. The molecule has 0 radical (unpaired) electrons. The molecule has 0 bridgehead atoms. The van der Waals surface area contributed by atoms with E-state index in [0.29, 0.717) is 11.7 Å². The van der Waals surface area contributed by atoms with Gasteiger partial charge in [-0.2, -0.15) is 9.61 Å². The molecule has 3 aromatic rings. The molecule has 8 nitrogen and oxygen atoms in total. The maximum Gasteiger partial charge on any atom is 0.291 e. The van der Waals surface area contributed by atoms with Gasteiger partial charge in [0.05, 0.1) is 5.69 Å². The molecule has 0 aliphatic heterocycles. The molecule has 9 heteroatoms. The maximum absolute atomic E-state index is 4.48. The molecule has 0 aromatic carbocycles. The third-order valence-electron chi connectivity index (χ3n) is 3.19. The fourth-order valence-electron chi connectivity index (χ4n) is 2.13. The Bertz CT molecular complexity index is 778. The van der Waals surface area contributed by atoms with E-state index in [1.165, 1.54) is 12.8 Å². The highest BCUT2D eigenvalue weighted by molar-refractivity contribution is 7.99. The number of aryl methyl sites for hydroxylation is 2. The van der Waals surface area contributed by atoms with Crippen LogP contribution in [0, 0.1) is 13.8 Å². The van der Waals surface area contributed by atoms with Crippen LogP contribution in [0.5, 0.6) is 0 Å². The average Bonchev–Trinajstić information content (AvgIpc) is 3.06. The van der Waals surface area contributed by atoms with Crippen LogP contribution in [-0.2, 0) is 0 Å². The molecule has 116 valence electrons. The Hall–Kier alpha value is -2.03. The number of aromatic nitrogens is 8. The summed E-state index contributed by atoms with van der Waals surface area (Å²) in [7, 11) is 0. The zero-order chi connectivity index (χ0) is 15.5. The highest BCUT2D eigenvalue weighted by atomic mass is 32.2. The second-order valence-corrected chi connectivity index (χ2v) is 6.15. The molecule has 3 heterocycles. The molecular formula is C13H18N8S. The minimum Gasteiger partial charge on any atom is -0.200 e. The summed E-state index contributed by atoms with van der Waals surface area (Å²) in [5, 5.41) is 25.9. The van der Waals surface area contributed by atoms with Crippen LogP contribution < -0.4 is 0 Å². The van der Waals surface area contributed by atoms with Crippen molar-refractivity contribution in [2.24, 2.45) is 0 Å². The molecule has 0 saturated heterocycles. The molecule has 0 unspecified atom stereocenters. The summed E-state index contributed by atoms with van der Waals surface area (Å²) in [6.45, 7) is 6.08. The van der Waals surface area contributed by atoms with E-state index in [9.17, 15) is 0 Å². The molecule has 0 saturated carbocycles. The van der Waals surface area contributed by atoms with Gasteiger partial charge in [-0.05, 0) is 26.3 Å². The molecule has 3 aromatic heterocycles. The van der Waals surface area contributed by atoms with E-state index in [1.807, 2.05) is 19.9 Å². The van der Waals surface area contributed by atoms with Crippen molar-refractivity contribution in [1.82, 2.24) is 39.8 Å². The predicted octanol–water partition coefficient (Wildman–Crippen LogP) is 2.00. The third-order valence-corrected chi connectivity index (χ3v) is 4.20. The first-order valence-corrected chi connectivity index (χ1v) is 8.30. The summed E-state index contributed by atoms with van der Waals surface area (Å²) in [6, 6.07) is 1.97. The van der Waals surface area contributed by atoms with Gasteiger partial charge >= 0.3 is 0 Å². The zero-order valence-electron chi connectivity index (χ0n) is 12.9. The predicted molar refractivity (Wildman–Crippen MR) is 83.2 cm³/mol. The fourth-order valence-corrected chi connectivity index (χ4v) is 3.00. The molecule has 0 fully saturated rings. The molecular weight excluding hydrogens is 300 g/mol. The molecule has 0 spiro atoms. The molecule has 22 heavy (non-hydrogen) atoms. The summed E-state index contributed by atoms with van der Waals surface area (Å²) in [5.41, 5.74) is 1.88. The standard InChI is InChI=1S/C13H18N8S/c1-4-5-6-7-22-13-17-15-11-14-16-12(19-21(11)13)20-10(3)8-9(2)18-20/h8H,4-7H2,1-3H3. The lowest BCUT2D eigenvalue weighted by Gasteiger charge is -2.02. The minimum absolute atomic E-state index is 0.406. The Balaban J connectivity index is 1.89. The number of rotatable bonds is 6. The number of hydrogen-bond acceptors (Lipinski definition) is 7. The Kier molecular flexibility index (Phi) is 4.32. The molecule has 3 rings (SSSR count). The summed E-state index contributed by atoms with van der Waals surface area (Å²) in [5.74, 6) is 1.82. The van der Waals surface area contributed by atoms with Crippen molar-refractivity contribution in [2.45, 2.75) is 45.2 Å². The van der Waals surface area contributed by atoms with E-state index in [0.717, 1.165) is 28.7 Å². The van der Waals surface area contributed by atoms with E-state index >= 15 is 0 Å². The van der Waals surface area contributed by atoms with Crippen LogP contribution in [0.25, 0.3) is 11.7 Å². The first-order valence-electron chi connectivity index (χ1n) is 7.31. The van der Waals surface area contributed by atoms with Crippen LogP contribution in [0.15, 0.2) is 11.2 Å². The maximum atomic E-state index is 4.48. The van der Waals surface area contributed by atoms with Crippen molar-refractivity contribution in [2.75, 3.05) is 5.75 Å². The van der Waals surface area contributed by atoms with Crippen molar-refractivity contribution < 1.29 is 0 Å². The lowest BCUT2D eigenvalue weighted by Crippen LogP contribution is -2.10. The topological polar surface area (TPSA) is 86.7 Å². The van der Waals surface area contributed by atoms with Crippen LogP contribution in [0.4, 0.5) is 0 Å². The van der Waals surface area contributed by atoms with Crippen LogP contribution in [0.1, 0.15) is 37.6 Å². The van der Waals surface area contributed by atoms with Gasteiger partial charge in [0.15, 0.2) is 0 Å². The Morgan fingerprint density at radius 2 is 1.86 bits per heavy atom. The van der Waals surface area contributed by atoms with Gasteiger partial charge in [0.25, 0.3) is 11.7 Å². The monoisotopic (exact) mass is 318 g/mol. The Morgan fingerprint density at radius 1 is 1.05 bits per heavy atom. The second-order valence-electron chi connectivity index (χ2n) is 5.09. The summed E-state index contributed by atoms with van der Waals surface area (Å²) in [4.78, 5) is 0. The number of thioether (sulfide) groups is 1. The van der Waals surface area contributed by atoms with Crippen molar-refractivity contribution in [3.8, 4) is 5.95 Å². The van der Waals surface area contributed by atoms with Crippen LogP contribution >= 0.6 is 11.8 Å². The number of unbranched alkanes of at least 4 members (excludes halogenated alkanes) is 2. The van der Waals surface area contributed by atoms with E-state index < -0.39 is 0 Å². The third kappa shape index (κ3) is 2.94. The number of fused-ring (bicyclic) bond motifs is 1. The Morgan fingerprint density at radius 3 is 2.59 bits per heavy atom.